The number of benzene rings is 2. The van der Waals surface area contributed by atoms with Gasteiger partial charge in [-0.15, -0.1) is 0 Å². The van der Waals surface area contributed by atoms with E-state index < -0.39 is 5.82 Å². The Bertz CT molecular complexity index is 557. The Labute approximate surface area is 116 Å². The Morgan fingerprint density at radius 2 is 1.89 bits per heavy atom. The summed E-state index contributed by atoms with van der Waals surface area (Å²) >= 11 is 5.75. The average molecular weight is 280 g/mol. The lowest BCUT2D eigenvalue weighted by molar-refractivity contribution is 0.276. The zero-order valence-corrected chi connectivity index (χ0v) is 11.3. The Morgan fingerprint density at radius 1 is 1.21 bits per heavy atom. The van der Waals surface area contributed by atoms with E-state index in [1.165, 1.54) is 12.1 Å². The lowest BCUT2D eigenvalue weighted by atomic mass is 10.1. The molecule has 100 valence electrons. The first kappa shape index (κ1) is 13.8. The third-order valence-corrected chi connectivity index (χ3v) is 3.21. The molecule has 0 radical (unpaired) electrons. The van der Waals surface area contributed by atoms with E-state index in [0.717, 1.165) is 16.8 Å². The monoisotopic (exact) mass is 279 g/mol. The molecule has 2 aromatic rings. The van der Waals surface area contributed by atoms with Crippen LogP contribution < -0.4 is 5.32 Å². The lowest BCUT2D eigenvalue weighted by Crippen LogP contribution is -2.14. The van der Waals surface area contributed by atoms with Crippen LogP contribution in [0.2, 0.25) is 5.02 Å². The topological polar surface area (TPSA) is 32.3 Å². The largest absolute Gasteiger partial charge is 0.394 e. The van der Waals surface area contributed by atoms with Gasteiger partial charge in [0, 0.05) is 5.69 Å². The summed E-state index contributed by atoms with van der Waals surface area (Å²) in [4.78, 5) is 0. The Hall–Kier alpha value is -1.58. The van der Waals surface area contributed by atoms with Crippen molar-refractivity contribution in [2.24, 2.45) is 0 Å². The maximum absolute atomic E-state index is 13.1. The van der Waals surface area contributed by atoms with Crippen LogP contribution >= 0.6 is 11.6 Å². The number of hydrogen-bond acceptors (Lipinski definition) is 2. The molecule has 0 aliphatic rings. The molecule has 19 heavy (non-hydrogen) atoms. The molecular weight excluding hydrogens is 265 g/mol. The number of aryl methyl sites for hydroxylation is 1. The van der Waals surface area contributed by atoms with Crippen molar-refractivity contribution >= 4 is 17.3 Å². The van der Waals surface area contributed by atoms with E-state index in [1.807, 2.05) is 31.2 Å². The smallest absolute Gasteiger partial charge is 0.141 e. The zero-order valence-electron chi connectivity index (χ0n) is 10.5. The minimum atomic E-state index is -0.461. The van der Waals surface area contributed by atoms with Crippen molar-refractivity contribution in [1.82, 2.24) is 0 Å². The second kappa shape index (κ2) is 6.04. The SMILES string of the molecule is Cc1ccc(NC(CO)c2ccc(F)c(Cl)c2)cc1. The summed E-state index contributed by atoms with van der Waals surface area (Å²) in [5, 5.41) is 12.7. The van der Waals surface area contributed by atoms with Gasteiger partial charge in [0.15, 0.2) is 0 Å². The molecule has 2 nitrogen and oxygen atoms in total. The number of anilines is 1. The highest BCUT2D eigenvalue weighted by Crippen LogP contribution is 2.24. The Morgan fingerprint density at radius 3 is 2.47 bits per heavy atom. The first-order valence-electron chi connectivity index (χ1n) is 5.99. The van der Waals surface area contributed by atoms with E-state index in [4.69, 9.17) is 11.6 Å². The van der Waals surface area contributed by atoms with E-state index in [-0.39, 0.29) is 17.7 Å². The first-order valence-corrected chi connectivity index (χ1v) is 6.37. The third-order valence-electron chi connectivity index (χ3n) is 2.92. The van der Waals surface area contributed by atoms with Crippen molar-refractivity contribution in [2.75, 3.05) is 11.9 Å². The quantitative estimate of drug-likeness (QED) is 0.889. The molecule has 1 atom stereocenters. The molecule has 0 saturated heterocycles. The molecule has 2 N–H and O–H groups in total. The highest BCUT2D eigenvalue weighted by atomic mass is 35.5. The number of nitrogens with one attached hydrogen (secondary N) is 1. The minimum absolute atomic E-state index is 0.0571. The Balaban J connectivity index is 2.19. The molecule has 1 unspecified atom stereocenters. The molecule has 0 fully saturated rings. The number of rotatable bonds is 4. The molecule has 0 aliphatic carbocycles. The standard InChI is InChI=1S/C15H15ClFNO/c1-10-2-5-12(6-3-10)18-15(9-19)11-4-7-14(17)13(16)8-11/h2-8,15,18-19H,9H2,1H3. The summed E-state index contributed by atoms with van der Waals surface area (Å²) in [5.41, 5.74) is 2.80. The van der Waals surface area contributed by atoms with E-state index >= 15 is 0 Å². The highest BCUT2D eigenvalue weighted by Gasteiger charge is 2.12. The van der Waals surface area contributed by atoms with Crippen LogP contribution in [0.15, 0.2) is 42.5 Å². The normalized spacial score (nSPS) is 12.2. The predicted molar refractivity (Wildman–Crippen MR) is 76.0 cm³/mol. The minimum Gasteiger partial charge on any atom is -0.394 e. The summed E-state index contributed by atoms with van der Waals surface area (Å²) < 4.78 is 13.1. The van der Waals surface area contributed by atoms with Crippen molar-refractivity contribution < 1.29 is 9.50 Å². The lowest BCUT2D eigenvalue weighted by Gasteiger charge is -2.18. The van der Waals surface area contributed by atoms with Crippen LogP contribution in [0.1, 0.15) is 17.2 Å². The fraction of sp³-hybridized carbons (Fsp3) is 0.200. The molecule has 0 heterocycles. The number of halogens is 2. The summed E-state index contributed by atoms with van der Waals surface area (Å²) in [5.74, 6) is -0.461. The van der Waals surface area contributed by atoms with Gasteiger partial charge in [-0.1, -0.05) is 35.4 Å². The van der Waals surface area contributed by atoms with Crippen molar-refractivity contribution in [3.8, 4) is 0 Å². The van der Waals surface area contributed by atoms with Gasteiger partial charge in [0.1, 0.15) is 5.82 Å². The number of aliphatic hydroxyl groups is 1. The molecule has 2 aromatic carbocycles. The van der Waals surface area contributed by atoms with Crippen LogP contribution in [0, 0.1) is 12.7 Å². The molecule has 0 aromatic heterocycles. The fourth-order valence-electron chi connectivity index (χ4n) is 1.81. The van der Waals surface area contributed by atoms with E-state index in [0.29, 0.717) is 0 Å². The molecule has 0 amide bonds. The summed E-state index contributed by atoms with van der Waals surface area (Å²) in [6.07, 6.45) is 0. The van der Waals surface area contributed by atoms with Crippen LogP contribution in [0.4, 0.5) is 10.1 Å². The molecule has 0 saturated carbocycles. The molecule has 0 bridgehead atoms. The van der Waals surface area contributed by atoms with E-state index in [9.17, 15) is 9.50 Å². The number of aliphatic hydroxyl groups excluding tert-OH is 1. The molecule has 4 heteroatoms. The van der Waals surface area contributed by atoms with Crippen molar-refractivity contribution in [3.05, 3.63) is 64.4 Å². The fourth-order valence-corrected chi connectivity index (χ4v) is 2.00. The summed E-state index contributed by atoms with van der Waals surface area (Å²) in [7, 11) is 0. The molecule has 0 spiro atoms. The van der Waals surface area contributed by atoms with Crippen LogP contribution in [-0.4, -0.2) is 11.7 Å². The first-order chi connectivity index (χ1) is 9.10. The molecular formula is C15H15ClFNO. The van der Waals surface area contributed by atoms with Gasteiger partial charge in [-0.3, -0.25) is 0 Å². The van der Waals surface area contributed by atoms with Gasteiger partial charge in [-0.05, 0) is 36.8 Å². The summed E-state index contributed by atoms with van der Waals surface area (Å²) in [6.45, 7) is 1.91. The molecule has 0 aliphatic heterocycles. The van der Waals surface area contributed by atoms with Crippen LogP contribution in [0.25, 0.3) is 0 Å². The third kappa shape index (κ3) is 3.46. The average Bonchev–Trinajstić information content (AvgIpc) is 2.41. The van der Waals surface area contributed by atoms with Gasteiger partial charge in [0.25, 0.3) is 0 Å². The van der Waals surface area contributed by atoms with Gasteiger partial charge in [-0.2, -0.15) is 0 Å². The van der Waals surface area contributed by atoms with Gasteiger partial charge in [0.2, 0.25) is 0 Å². The van der Waals surface area contributed by atoms with E-state index in [2.05, 4.69) is 5.32 Å². The van der Waals surface area contributed by atoms with Crippen molar-refractivity contribution in [1.29, 1.82) is 0 Å². The van der Waals surface area contributed by atoms with Crippen molar-refractivity contribution in [2.45, 2.75) is 13.0 Å². The van der Waals surface area contributed by atoms with Gasteiger partial charge in [-0.25, -0.2) is 4.39 Å². The van der Waals surface area contributed by atoms with Gasteiger partial charge < -0.3 is 10.4 Å². The number of hydrogen-bond donors (Lipinski definition) is 2. The Kier molecular flexibility index (Phi) is 4.40. The summed E-state index contributed by atoms with van der Waals surface area (Å²) in [6, 6.07) is 12.0. The van der Waals surface area contributed by atoms with Gasteiger partial charge >= 0.3 is 0 Å². The van der Waals surface area contributed by atoms with Crippen molar-refractivity contribution in [3.63, 3.8) is 0 Å². The predicted octanol–water partition coefficient (Wildman–Crippen LogP) is 3.93. The van der Waals surface area contributed by atoms with Crippen LogP contribution in [0.5, 0.6) is 0 Å². The van der Waals surface area contributed by atoms with Gasteiger partial charge in [0.05, 0.1) is 17.7 Å². The zero-order chi connectivity index (χ0) is 13.8. The second-order valence-corrected chi connectivity index (χ2v) is 4.83. The second-order valence-electron chi connectivity index (χ2n) is 4.42. The van der Waals surface area contributed by atoms with Crippen LogP contribution in [0.3, 0.4) is 0 Å². The maximum atomic E-state index is 13.1. The van der Waals surface area contributed by atoms with E-state index in [1.54, 1.807) is 6.07 Å². The maximum Gasteiger partial charge on any atom is 0.141 e. The molecule has 2 rings (SSSR count). The van der Waals surface area contributed by atoms with Crippen LogP contribution in [-0.2, 0) is 0 Å². The highest BCUT2D eigenvalue weighted by molar-refractivity contribution is 6.30.